The molecule has 210 valence electrons. The first kappa shape index (κ1) is 31.0. The quantitative estimate of drug-likeness (QED) is 0.245. The summed E-state index contributed by atoms with van der Waals surface area (Å²) in [6.07, 6.45) is 0.693. The van der Waals surface area contributed by atoms with Crippen LogP contribution in [0.25, 0.3) is 0 Å². The molecule has 1 unspecified atom stereocenters. The summed E-state index contributed by atoms with van der Waals surface area (Å²) in [5.74, 6) is -1.69. The Hall–Kier alpha value is -3.18. The van der Waals surface area contributed by atoms with Crippen molar-refractivity contribution in [3.05, 3.63) is 46.5 Å². The Morgan fingerprint density at radius 2 is 1.53 bits per heavy atom. The van der Waals surface area contributed by atoms with E-state index in [9.17, 15) is 24.6 Å². The van der Waals surface area contributed by atoms with Gasteiger partial charge in [0, 0.05) is 29.8 Å². The third kappa shape index (κ3) is 8.42. The number of amides is 3. The van der Waals surface area contributed by atoms with E-state index in [1.54, 1.807) is 41.5 Å². The van der Waals surface area contributed by atoms with Crippen LogP contribution in [-0.4, -0.2) is 56.1 Å². The van der Waals surface area contributed by atoms with Crippen LogP contribution in [0.3, 0.4) is 0 Å². The summed E-state index contributed by atoms with van der Waals surface area (Å²) in [5.41, 5.74) is 1.53. The average Bonchev–Trinajstić information content (AvgIpc) is 3.18. The molecular weight excluding hydrogens is 506 g/mol. The molecule has 0 fully saturated rings. The van der Waals surface area contributed by atoms with Gasteiger partial charge >= 0.3 is 12.2 Å². The largest absolute Gasteiger partial charge is 0.465 e. The molecule has 2 rings (SSSR count). The fraction of sp³-hybridized carbons (Fsp3) is 0.556. The van der Waals surface area contributed by atoms with Gasteiger partial charge in [-0.25, -0.2) is 14.6 Å². The lowest BCUT2D eigenvalue weighted by Crippen LogP contribution is -2.79. The summed E-state index contributed by atoms with van der Waals surface area (Å²) >= 11 is 1.42. The van der Waals surface area contributed by atoms with E-state index in [4.69, 9.17) is 0 Å². The van der Waals surface area contributed by atoms with Gasteiger partial charge in [0.2, 0.25) is 5.91 Å². The van der Waals surface area contributed by atoms with E-state index in [1.807, 2.05) is 17.5 Å². The van der Waals surface area contributed by atoms with Gasteiger partial charge in [0.15, 0.2) is 10.9 Å². The van der Waals surface area contributed by atoms with Crippen molar-refractivity contribution in [1.82, 2.24) is 20.5 Å². The predicted octanol–water partition coefficient (Wildman–Crippen LogP) is 5.15. The van der Waals surface area contributed by atoms with Crippen molar-refractivity contribution in [3.63, 3.8) is 0 Å². The van der Waals surface area contributed by atoms with Crippen LogP contribution in [0.5, 0.6) is 0 Å². The van der Waals surface area contributed by atoms with Crippen molar-refractivity contribution in [2.45, 2.75) is 85.5 Å². The van der Waals surface area contributed by atoms with Gasteiger partial charge in [0.05, 0.1) is 5.69 Å². The van der Waals surface area contributed by atoms with Crippen molar-refractivity contribution >= 4 is 34.6 Å². The van der Waals surface area contributed by atoms with Crippen LogP contribution in [0.15, 0.2) is 29.6 Å². The molecule has 0 saturated heterocycles. The zero-order chi connectivity index (χ0) is 28.7. The molecular formula is C27H41N5O5S. The number of carboxylic acid groups (broad SMARTS) is 2. The molecule has 10 nitrogen and oxygen atoms in total. The number of aryl methyl sites for hydroxylation is 2. The Balaban J connectivity index is 2.04. The molecule has 38 heavy (non-hydrogen) atoms. The van der Waals surface area contributed by atoms with Gasteiger partial charge in [0.1, 0.15) is 0 Å². The smallest absolute Gasteiger partial charge is 0.410 e. The number of thiazole rings is 1. The lowest BCUT2D eigenvalue weighted by Gasteiger charge is -2.55. The highest BCUT2D eigenvalue weighted by Gasteiger charge is 2.54. The second-order valence-electron chi connectivity index (χ2n) is 11.4. The minimum absolute atomic E-state index is 0.128. The number of nitrogens with one attached hydrogen (secondary N) is 3. The molecule has 1 aromatic carbocycles. The van der Waals surface area contributed by atoms with Crippen molar-refractivity contribution in [2.24, 2.45) is 5.41 Å². The standard InChI is InChI=1S/C27H41N5O5S/c1-18(33)29-22-30-21(17-38-22)10-8-9-19-11-13-20(14-12-19)15-16-28-27(25(2,3)4,31-23(34)35)32(24(36)37)26(5,6)7/h11-14,17,28,31H,8-10,15-16H2,1-7H3,(H,34,35)(H,36,37)(H,29,30,33). The van der Waals surface area contributed by atoms with Crippen molar-refractivity contribution in [2.75, 3.05) is 11.9 Å². The van der Waals surface area contributed by atoms with Crippen LogP contribution in [0, 0.1) is 5.41 Å². The number of carbonyl (C=O) groups is 3. The summed E-state index contributed by atoms with van der Waals surface area (Å²) in [4.78, 5) is 40.9. The van der Waals surface area contributed by atoms with E-state index in [1.165, 1.54) is 23.8 Å². The van der Waals surface area contributed by atoms with E-state index in [2.05, 4.69) is 33.1 Å². The van der Waals surface area contributed by atoms with Crippen molar-refractivity contribution in [3.8, 4) is 0 Å². The Morgan fingerprint density at radius 1 is 0.947 bits per heavy atom. The summed E-state index contributed by atoms with van der Waals surface area (Å²) in [7, 11) is 0. The molecule has 11 heteroatoms. The van der Waals surface area contributed by atoms with Crippen LogP contribution in [0.1, 0.15) is 71.7 Å². The van der Waals surface area contributed by atoms with Crippen LogP contribution in [0.2, 0.25) is 0 Å². The number of nitrogens with zero attached hydrogens (tertiary/aromatic N) is 2. The van der Waals surface area contributed by atoms with E-state index < -0.39 is 28.9 Å². The van der Waals surface area contributed by atoms with Crippen LogP contribution in [-0.2, 0) is 24.1 Å². The molecule has 0 aliphatic heterocycles. The van der Waals surface area contributed by atoms with Crippen LogP contribution < -0.4 is 16.0 Å². The minimum Gasteiger partial charge on any atom is -0.465 e. The van der Waals surface area contributed by atoms with E-state index in [0.29, 0.717) is 18.1 Å². The zero-order valence-electron chi connectivity index (χ0n) is 23.3. The Morgan fingerprint density at radius 3 is 2.00 bits per heavy atom. The topological polar surface area (TPSA) is 144 Å². The number of hydrogen-bond acceptors (Lipinski definition) is 6. The molecule has 1 atom stereocenters. The third-order valence-corrected chi connectivity index (χ3v) is 6.93. The van der Waals surface area contributed by atoms with Crippen LogP contribution >= 0.6 is 11.3 Å². The maximum absolute atomic E-state index is 12.3. The molecule has 1 aromatic heterocycles. The minimum atomic E-state index is -1.56. The first-order valence-electron chi connectivity index (χ1n) is 12.6. The fourth-order valence-corrected chi connectivity index (χ4v) is 5.21. The lowest BCUT2D eigenvalue weighted by molar-refractivity contribution is -0.114. The summed E-state index contributed by atoms with van der Waals surface area (Å²) in [6, 6.07) is 8.22. The summed E-state index contributed by atoms with van der Waals surface area (Å²) in [6.45, 7) is 12.4. The number of aromatic nitrogens is 1. The Kier molecular flexibility index (Phi) is 10.3. The second kappa shape index (κ2) is 12.6. The molecule has 0 spiro atoms. The maximum Gasteiger partial charge on any atom is 0.410 e. The molecule has 0 aliphatic carbocycles. The van der Waals surface area contributed by atoms with Gasteiger partial charge in [-0.2, -0.15) is 0 Å². The molecule has 0 saturated carbocycles. The van der Waals surface area contributed by atoms with Crippen LogP contribution in [0.4, 0.5) is 14.7 Å². The monoisotopic (exact) mass is 547 g/mol. The molecule has 0 aliphatic rings. The molecule has 2 aromatic rings. The summed E-state index contributed by atoms with van der Waals surface area (Å²) in [5, 5.41) is 30.7. The fourth-order valence-electron chi connectivity index (χ4n) is 4.42. The first-order chi connectivity index (χ1) is 17.5. The average molecular weight is 548 g/mol. The normalized spacial score (nSPS) is 13.4. The molecule has 5 N–H and O–H groups in total. The van der Waals surface area contributed by atoms with Gasteiger partial charge in [-0.3, -0.25) is 20.3 Å². The predicted molar refractivity (Wildman–Crippen MR) is 150 cm³/mol. The Bertz CT molecular complexity index is 1100. The maximum atomic E-state index is 12.3. The molecule has 0 radical (unpaired) electrons. The van der Waals surface area contributed by atoms with Crippen molar-refractivity contribution in [1.29, 1.82) is 0 Å². The van der Waals surface area contributed by atoms with E-state index in [0.717, 1.165) is 35.4 Å². The number of carbonyl (C=O) groups excluding carboxylic acids is 1. The van der Waals surface area contributed by atoms with Gasteiger partial charge in [-0.1, -0.05) is 45.0 Å². The zero-order valence-corrected chi connectivity index (χ0v) is 24.2. The Labute approximate surface area is 228 Å². The molecule has 1 heterocycles. The lowest BCUT2D eigenvalue weighted by atomic mass is 9.82. The van der Waals surface area contributed by atoms with Gasteiger partial charge in [0.25, 0.3) is 0 Å². The van der Waals surface area contributed by atoms with Crippen molar-refractivity contribution < 1.29 is 24.6 Å². The van der Waals surface area contributed by atoms with E-state index >= 15 is 0 Å². The number of anilines is 1. The third-order valence-electron chi connectivity index (χ3n) is 6.12. The highest BCUT2D eigenvalue weighted by atomic mass is 32.1. The first-order valence-corrected chi connectivity index (χ1v) is 13.5. The van der Waals surface area contributed by atoms with Gasteiger partial charge in [-0.05, 0) is 57.6 Å². The molecule has 3 amide bonds. The molecule has 0 bridgehead atoms. The number of benzene rings is 1. The summed E-state index contributed by atoms with van der Waals surface area (Å²) < 4.78 is 0. The van der Waals surface area contributed by atoms with E-state index in [-0.39, 0.29) is 5.91 Å². The number of hydrogen-bond donors (Lipinski definition) is 5. The SMILES string of the molecule is CC(=O)Nc1nc(CCCc2ccc(CCNC(NC(=O)O)(N(C(=O)O)C(C)(C)C)C(C)(C)C)cc2)cs1. The van der Waals surface area contributed by atoms with Gasteiger partial charge < -0.3 is 15.5 Å². The second-order valence-corrected chi connectivity index (χ2v) is 12.2. The highest BCUT2D eigenvalue weighted by molar-refractivity contribution is 7.13. The highest BCUT2D eigenvalue weighted by Crippen LogP contribution is 2.36. The van der Waals surface area contributed by atoms with Gasteiger partial charge in [-0.15, -0.1) is 11.3 Å². The number of rotatable bonds is 11.